The van der Waals surface area contributed by atoms with Crippen molar-refractivity contribution in [2.45, 2.75) is 39.0 Å². The van der Waals surface area contributed by atoms with E-state index in [-0.39, 0.29) is 18.4 Å². The summed E-state index contributed by atoms with van der Waals surface area (Å²) in [6, 6.07) is 0.119. The normalized spacial score (nSPS) is 36.2. The van der Waals surface area contributed by atoms with Gasteiger partial charge in [-0.05, 0) is 19.3 Å². The van der Waals surface area contributed by atoms with E-state index in [2.05, 4.69) is 19.2 Å². The molecule has 1 saturated heterocycles. The third kappa shape index (κ3) is 2.44. The number of hydrogen-bond donors (Lipinski definition) is 2. The van der Waals surface area contributed by atoms with Crippen LogP contribution in [0.1, 0.15) is 27.2 Å². The summed E-state index contributed by atoms with van der Waals surface area (Å²) in [4.78, 5) is 0. The van der Waals surface area contributed by atoms with Crippen molar-refractivity contribution < 1.29 is 9.84 Å². The summed E-state index contributed by atoms with van der Waals surface area (Å²) in [5, 5.41) is 12.2. The smallest absolute Gasteiger partial charge is 0.117 e. The SMILES string of the molecule is CC(C)CC1(C)NC(CO)CO1. The van der Waals surface area contributed by atoms with Crippen LogP contribution in [0.25, 0.3) is 0 Å². The maximum absolute atomic E-state index is 8.89. The average molecular weight is 173 g/mol. The molecule has 1 aliphatic heterocycles. The summed E-state index contributed by atoms with van der Waals surface area (Å²) in [5.74, 6) is 0.611. The van der Waals surface area contributed by atoms with Crippen LogP contribution in [0.3, 0.4) is 0 Å². The molecule has 2 N–H and O–H groups in total. The van der Waals surface area contributed by atoms with Crippen LogP contribution in [-0.4, -0.2) is 30.1 Å². The van der Waals surface area contributed by atoms with Gasteiger partial charge >= 0.3 is 0 Å². The summed E-state index contributed by atoms with van der Waals surface area (Å²) in [7, 11) is 0. The fourth-order valence-corrected chi connectivity index (χ4v) is 1.79. The highest BCUT2D eigenvalue weighted by molar-refractivity contribution is 4.85. The van der Waals surface area contributed by atoms with Gasteiger partial charge in [0.1, 0.15) is 5.72 Å². The molecule has 3 heteroatoms. The molecule has 0 saturated carbocycles. The van der Waals surface area contributed by atoms with Crippen molar-refractivity contribution in [1.29, 1.82) is 0 Å². The molecule has 2 atom stereocenters. The Balaban J connectivity index is 2.41. The van der Waals surface area contributed by atoms with E-state index >= 15 is 0 Å². The summed E-state index contributed by atoms with van der Waals surface area (Å²) in [6.07, 6.45) is 0.990. The molecular weight excluding hydrogens is 154 g/mol. The second-order valence-electron chi connectivity index (χ2n) is 4.16. The Hall–Kier alpha value is -0.120. The van der Waals surface area contributed by atoms with E-state index in [1.807, 2.05) is 6.92 Å². The standard InChI is InChI=1S/C9H19NO2/c1-7(2)4-9(3)10-8(5-11)6-12-9/h7-8,10-11H,4-6H2,1-3H3. The quantitative estimate of drug-likeness (QED) is 0.661. The van der Waals surface area contributed by atoms with E-state index in [0.29, 0.717) is 12.5 Å². The number of ether oxygens (including phenoxy) is 1. The third-order valence-corrected chi connectivity index (χ3v) is 2.13. The van der Waals surface area contributed by atoms with E-state index in [1.54, 1.807) is 0 Å². The van der Waals surface area contributed by atoms with Crippen LogP contribution < -0.4 is 5.32 Å². The van der Waals surface area contributed by atoms with Gasteiger partial charge in [0.15, 0.2) is 0 Å². The van der Waals surface area contributed by atoms with E-state index in [9.17, 15) is 0 Å². The Labute approximate surface area is 74.1 Å². The van der Waals surface area contributed by atoms with Gasteiger partial charge in [-0.2, -0.15) is 0 Å². The van der Waals surface area contributed by atoms with Crippen molar-refractivity contribution in [3.05, 3.63) is 0 Å². The zero-order valence-electron chi connectivity index (χ0n) is 8.13. The number of hydrogen-bond acceptors (Lipinski definition) is 3. The fraction of sp³-hybridized carbons (Fsp3) is 1.00. The van der Waals surface area contributed by atoms with Gasteiger partial charge < -0.3 is 9.84 Å². The highest BCUT2D eigenvalue weighted by Crippen LogP contribution is 2.23. The second kappa shape index (κ2) is 3.73. The van der Waals surface area contributed by atoms with Crippen molar-refractivity contribution in [2.24, 2.45) is 5.92 Å². The van der Waals surface area contributed by atoms with Gasteiger partial charge in [-0.15, -0.1) is 0 Å². The van der Waals surface area contributed by atoms with Crippen LogP contribution in [0, 0.1) is 5.92 Å². The van der Waals surface area contributed by atoms with Gasteiger partial charge in [0, 0.05) is 0 Å². The van der Waals surface area contributed by atoms with E-state index < -0.39 is 0 Å². The van der Waals surface area contributed by atoms with Crippen LogP contribution in [0.5, 0.6) is 0 Å². The molecule has 1 rings (SSSR count). The lowest BCUT2D eigenvalue weighted by atomic mass is 10.0. The van der Waals surface area contributed by atoms with Gasteiger partial charge in [0.05, 0.1) is 19.3 Å². The Kier molecular flexibility index (Phi) is 3.09. The molecule has 1 aliphatic rings. The molecule has 72 valence electrons. The van der Waals surface area contributed by atoms with Crippen LogP contribution in [0.2, 0.25) is 0 Å². The minimum absolute atomic E-state index is 0.119. The van der Waals surface area contributed by atoms with Gasteiger partial charge in [0.2, 0.25) is 0 Å². The van der Waals surface area contributed by atoms with Crippen molar-refractivity contribution in [2.75, 3.05) is 13.2 Å². The Bertz CT molecular complexity index is 149. The Morgan fingerprint density at radius 3 is 2.75 bits per heavy atom. The highest BCUT2D eigenvalue weighted by atomic mass is 16.5. The molecule has 1 heterocycles. The van der Waals surface area contributed by atoms with Crippen molar-refractivity contribution in [1.82, 2.24) is 5.32 Å². The van der Waals surface area contributed by atoms with Crippen LogP contribution in [0.4, 0.5) is 0 Å². The minimum atomic E-state index is -0.221. The summed E-state index contributed by atoms with van der Waals surface area (Å²) < 4.78 is 5.58. The van der Waals surface area contributed by atoms with E-state index in [1.165, 1.54) is 0 Å². The van der Waals surface area contributed by atoms with Crippen molar-refractivity contribution in [3.63, 3.8) is 0 Å². The monoisotopic (exact) mass is 173 g/mol. The van der Waals surface area contributed by atoms with Crippen LogP contribution >= 0.6 is 0 Å². The van der Waals surface area contributed by atoms with Crippen LogP contribution in [0.15, 0.2) is 0 Å². The summed E-state index contributed by atoms with van der Waals surface area (Å²) in [6.45, 7) is 7.17. The number of aliphatic hydroxyl groups is 1. The summed E-state index contributed by atoms with van der Waals surface area (Å²) in [5.41, 5.74) is -0.221. The topological polar surface area (TPSA) is 41.5 Å². The molecule has 1 fully saturated rings. The number of nitrogens with one attached hydrogen (secondary N) is 1. The van der Waals surface area contributed by atoms with Crippen molar-refractivity contribution in [3.8, 4) is 0 Å². The van der Waals surface area contributed by atoms with Gasteiger partial charge in [0.25, 0.3) is 0 Å². The molecule has 0 spiro atoms. The predicted octanol–water partition coefficient (Wildman–Crippen LogP) is 0.729. The maximum Gasteiger partial charge on any atom is 0.117 e. The first-order valence-corrected chi connectivity index (χ1v) is 4.58. The molecule has 0 bridgehead atoms. The minimum Gasteiger partial charge on any atom is -0.395 e. The molecule has 0 aliphatic carbocycles. The Morgan fingerprint density at radius 2 is 2.33 bits per heavy atom. The molecule has 0 amide bonds. The first kappa shape index (κ1) is 9.96. The third-order valence-electron chi connectivity index (χ3n) is 2.13. The lowest BCUT2D eigenvalue weighted by molar-refractivity contribution is -0.0100. The zero-order chi connectivity index (χ0) is 9.19. The van der Waals surface area contributed by atoms with Gasteiger partial charge in [-0.1, -0.05) is 13.8 Å². The number of aliphatic hydroxyl groups excluding tert-OH is 1. The molecule has 3 nitrogen and oxygen atoms in total. The largest absolute Gasteiger partial charge is 0.395 e. The first-order valence-electron chi connectivity index (χ1n) is 4.58. The van der Waals surface area contributed by atoms with E-state index in [4.69, 9.17) is 9.84 Å². The molecule has 0 aromatic heterocycles. The lowest BCUT2D eigenvalue weighted by Gasteiger charge is -2.26. The first-order chi connectivity index (χ1) is 5.56. The van der Waals surface area contributed by atoms with Crippen LogP contribution in [-0.2, 0) is 4.74 Å². The fourth-order valence-electron chi connectivity index (χ4n) is 1.79. The molecular formula is C9H19NO2. The predicted molar refractivity (Wildman–Crippen MR) is 47.8 cm³/mol. The maximum atomic E-state index is 8.89. The second-order valence-corrected chi connectivity index (χ2v) is 4.16. The van der Waals surface area contributed by atoms with E-state index in [0.717, 1.165) is 6.42 Å². The molecule has 0 radical (unpaired) electrons. The molecule has 0 aromatic carbocycles. The molecule has 12 heavy (non-hydrogen) atoms. The van der Waals surface area contributed by atoms with Crippen molar-refractivity contribution >= 4 is 0 Å². The highest BCUT2D eigenvalue weighted by Gasteiger charge is 2.35. The molecule has 0 aromatic rings. The lowest BCUT2D eigenvalue weighted by Crippen LogP contribution is -2.43. The summed E-state index contributed by atoms with van der Waals surface area (Å²) >= 11 is 0. The Morgan fingerprint density at radius 1 is 1.67 bits per heavy atom. The van der Waals surface area contributed by atoms with Gasteiger partial charge in [-0.25, -0.2) is 0 Å². The van der Waals surface area contributed by atoms with Gasteiger partial charge in [-0.3, -0.25) is 5.32 Å². The average Bonchev–Trinajstić information content (AvgIpc) is 2.30. The number of rotatable bonds is 3. The zero-order valence-corrected chi connectivity index (χ0v) is 8.13. The molecule has 2 unspecified atom stereocenters.